The van der Waals surface area contributed by atoms with Crippen molar-refractivity contribution in [2.45, 2.75) is 0 Å². The van der Waals surface area contributed by atoms with Crippen LogP contribution in [0.3, 0.4) is 0 Å². The fourth-order valence-corrected chi connectivity index (χ4v) is 2.16. The van der Waals surface area contributed by atoms with Crippen molar-refractivity contribution in [1.29, 1.82) is 0 Å². The number of hydrogen-bond donors (Lipinski definition) is 1. The average Bonchev–Trinajstić information content (AvgIpc) is 2.36. The maximum atomic E-state index is 11.9. The van der Waals surface area contributed by atoms with Crippen molar-refractivity contribution in [3.8, 4) is 5.75 Å². The van der Waals surface area contributed by atoms with Crippen LogP contribution in [0.1, 0.15) is 10.4 Å². The van der Waals surface area contributed by atoms with Gasteiger partial charge in [0.1, 0.15) is 0 Å². The Bertz CT molecular complexity index is 778. The molecule has 18 heavy (non-hydrogen) atoms. The van der Waals surface area contributed by atoms with Crippen molar-refractivity contribution >= 4 is 27.5 Å². The Labute approximate surface area is 103 Å². The first-order valence-electron chi connectivity index (χ1n) is 5.58. The van der Waals surface area contributed by atoms with Crippen LogP contribution in [-0.4, -0.2) is 5.91 Å². The standard InChI is InChI=1S/C15H10NO2/c16-15(18)12-6-11-5-9-3-1-2-4-10(9)7-13(11)14(17)8-12/h1-8H,(H2,16,18). The topological polar surface area (TPSA) is 63.0 Å². The van der Waals surface area contributed by atoms with Gasteiger partial charge in [0.25, 0.3) is 0 Å². The molecule has 0 aliphatic heterocycles. The molecule has 3 heteroatoms. The second-order valence-corrected chi connectivity index (χ2v) is 4.26. The molecule has 87 valence electrons. The third-order valence-electron chi connectivity index (χ3n) is 3.07. The number of fused-ring (bicyclic) bond motifs is 2. The Morgan fingerprint density at radius 2 is 1.56 bits per heavy atom. The van der Waals surface area contributed by atoms with E-state index in [1.165, 1.54) is 6.07 Å². The van der Waals surface area contributed by atoms with Crippen LogP contribution in [0.15, 0.2) is 48.5 Å². The van der Waals surface area contributed by atoms with Gasteiger partial charge in [-0.2, -0.15) is 0 Å². The minimum Gasteiger partial charge on any atom is -0.366 e. The van der Waals surface area contributed by atoms with E-state index in [1.807, 2.05) is 36.4 Å². The van der Waals surface area contributed by atoms with Crippen LogP contribution >= 0.6 is 0 Å². The molecule has 0 spiro atoms. The largest absolute Gasteiger partial charge is 0.366 e. The van der Waals surface area contributed by atoms with E-state index in [1.54, 1.807) is 6.07 Å². The summed E-state index contributed by atoms with van der Waals surface area (Å²) in [6.07, 6.45) is 0. The first-order valence-corrected chi connectivity index (χ1v) is 5.58. The Morgan fingerprint density at radius 1 is 0.889 bits per heavy atom. The number of nitrogens with two attached hydrogens (primary N) is 1. The van der Waals surface area contributed by atoms with E-state index >= 15 is 0 Å². The Hall–Kier alpha value is -2.55. The molecule has 0 saturated carbocycles. The molecule has 0 aliphatic rings. The highest BCUT2D eigenvalue weighted by atomic mass is 16.3. The highest BCUT2D eigenvalue weighted by molar-refractivity contribution is 6.05. The minimum atomic E-state index is -0.581. The van der Waals surface area contributed by atoms with Crippen LogP contribution in [-0.2, 0) is 5.11 Å². The van der Waals surface area contributed by atoms with E-state index in [9.17, 15) is 9.90 Å². The van der Waals surface area contributed by atoms with Crippen molar-refractivity contribution in [2.24, 2.45) is 5.73 Å². The number of carbonyl (C=O) groups excluding carboxylic acids is 1. The molecular formula is C15H10NO2. The van der Waals surface area contributed by atoms with Gasteiger partial charge in [0.05, 0.1) is 0 Å². The summed E-state index contributed by atoms with van der Waals surface area (Å²) in [5.74, 6) is -0.755. The third-order valence-corrected chi connectivity index (χ3v) is 3.07. The van der Waals surface area contributed by atoms with Crippen molar-refractivity contribution in [3.05, 3.63) is 54.1 Å². The summed E-state index contributed by atoms with van der Waals surface area (Å²) < 4.78 is 0. The Balaban J connectivity index is 2.42. The number of rotatable bonds is 1. The van der Waals surface area contributed by atoms with Gasteiger partial charge in [0.2, 0.25) is 5.91 Å². The SMILES string of the molecule is NC(=O)c1cc([O])c2cc3ccccc3cc2c1. The zero-order valence-corrected chi connectivity index (χ0v) is 9.51. The monoisotopic (exact) mass is 236 g/mol. The number of carbonyl (C=O) groups is 1. The van der Waals surface area contributed by atoms with Gasteiger partial charge in [0, 0.05) is 10.9 Å². The zero-order chi connectivity index (χ0) is 12.7. The van der Waals surface area contributed by atoms with Crippen molar-refractivity contribution in [2.75, 3.05) is 0 Å². The van der Waals surface area contributed by atoms with E-state index < -0.39 is 5.91 Å². The summed E-state index contributed by atoms with van der Waals surface area (Å²) in [6.45, 7) is 0. The average molecular weight is 236 g/mol. The van der Waals surface area contributed by atoms with Gasteiger partial charge in [-0.15, -0.1) is 0 Å². The Morgan fingerprint density at radius 3 is 2.22 bits per heavy atom. The van der Waals surface area contributed by atoms with E-state index in [0.717, 1.165) is 16.2 Å². The molecular weight excluding hydrogens is 226 g/mol. The molecule has 3 aromatic carbocycles. The van der Waals surface area contributed by atoms with E-state index in [4.69, 9.17) is 5.73 Å². The van der Waals surface area contributed by atoms with Crippen LogP contribution in [0.25, 0.3) is 21.5 Å². The smallest absolute Gasteiger partial charge is 0.248 e. The lowest BCUT2D eigenvalue weighted by Crippen LogP contribution is -2.10. The summed E-state index contributed by atoms with van der Waals surface area (Å²) in [6, 6.07) is 14.5. The van der Waals surface area contributed by atoms with Gasteiger partial charge >= 0.3 is 0 Å². The van der Waals surface area contributed by atoms with Gasteiger partial charge < -0.3 is 5.73 Å². The normalized spacial score (nSPS) is 10.9. The summed E-state index contributed by atoms with van der Waals surface area (Å²) in [5.41, 5.74) is 5.46. The molecule has 0 saturated heterocycles. The predicted octanol–water partition coefficient (Wildman–Crippen LogP) is 3.24. The first kappa shape index (κ1) is 10.6. The molecule has 1 radical (unpaired) electrons. The maximum absolute atomic E-state index is 11.9. The molecule has 0 heterocycles. The lowest BCUT2D eigenvalue weighted by Gasteiger charge is -2.04. The quantitative estimate of drug-likeness (QED) is 0.648. The number of benzene rings is 3. The van der Waals surface area contributed by atoms with Gasteiger partial charge in [-0.3, -0.25) is 9.90 Å². The second kappa shape index (κ2) is 3.74. The highest BCUT2D eigenvalue weighted by Gasteiger charge is 2.09. The van der Waals surface area contributed by atoms with Gasteiger partial charge in [-0.1, -0.05) is 24.3 Å². The summed E-state index contributed by atoms with van der Waals surface area (Å²) in [4.78, 5) is 11.1. The summed E-state index contributed by atoms with van der Waals surface area (Å²) in [5, 5.41) is 15.3. The highest BCUT2D eigenvalue weighted by Crippen LogP contribution is 2.30. The van der Waals surface area contributed by atoms with E-state index in [2.05, 4.69) is 0 Å². The van der Waals surface area contributed by atoms with Crippen molar-refractivity contribution in [3.63, 3.8) is 0 Å². The zero-order valence-electron chi connectivity index (χ0n) is 9.51. The molecule has 0 aromatic heterocycles. The fourth-order valence-electron chi connectivity index (χ4n) is 2.16. The second-order valence-electron chi connectivity index (χ2n) is 4.26. The van der Waals surface area contributed by atoms with Crippen LogP contribution in [0, 0.1) is 0 Å². The lowest BCUT2D eigenvalue weighted by atomic mass is 10.0. The molecule has 3 rings (SSSR count). The number of hydrogen-bond acceptors (Lipinski definition) is 1. The van der Waals surface area contributed by atoms with Crippen LogP contribution in [0.2, 0.25) is 0 Å². The third kappa shape index (κ3) is 1.57. The molecule has 3 nitrogen and oxygen atoms in total. The summed E-state index contributed by atoms with van der Waals surface area (Å²) in [7, 11) is 0. The Kier molecular flexibility index (Phi) is 2.20. The van der Waals surface area contributed by atoms with Gasteiger partial charge in [-0.25, -0.2) is 0 Å². The molecule has 0 fully saturated rings. The van der Waals surface area contributed by atoms with E-state index in [-0.39, 0.29) is 11.3 Å². The molecule has 2 N–H and O–H groups in total. The minimum absolute atomic E-state index is 0.174. The molecule has 0 unspecified atom stereocenters. The predicted molar refractivity (Wildman–Crippen MR) is 70.1 cm³/mol. The fraction of sp³-hybridized carbons (Fsp3) is 0. The van der Waals surface area contributed by atoms with Crippen molar-refractivity contribution < 1.29 is 9.90 Å². The molecule has 0 atom stereocenters. The van der Waals surface area contributed by atoms with Crippen molar-refractivity contribution in [1.82, 2.24) is 0 Å². The van der Waals surface area contributed by atoms with Gasteiger partial charge in [0.15, 0.2) is 5.75 Å². The molecule has 0 bridgehead atoms. The van der Waals surface area contributed by atoms with Crippen LogP contribution in [0.4, 0.5) is 0 Å². The molecule has 1 amide bonds. The number of amides is 1. The van der Waals surface area contributed by atoms with E-state index in [0.29, 0.717) is 5.39 Å². The molecule has 3 aromatic rings. The lowest BCUT2D eigenvalue weighted by molar-refractivity contribution is 0.1000. The van der Waals surface area contributed by atoms with Crippen LogP contribution < -0.4 is 5.73 Å². The van der Waals surface area contributed by atoms with Gasteiger partial charge in [-0.05, 0) is 40.4 Å². The first-order chi connectivity index (χ1) is 8.65. The maximum Gasteiger partial charge on any atom is 0.248 e. The number of primary amides is 1. The van der Waals surface area contributed by atoms with Crippen LogP contribution in [0.5, 0.6) is 5.75 Å². The molecule has 0 aliphatic carbocycles. The summed E-state index contributed by atoms with van der Waals surface area (Å²) >= 11 is 0.